The third-order valence-electron chi connectivity index (χ3n) is 7.23. The number of nitrogens with zero attached hydrogens (tertiary/aromatic N) is 3. The van der Waals surface area contributed by atoms with E-state index in [0.717, 1.165) is 23.2 Å². The lowest BCUT2D eigenvalue weighted by atomic mass is 9.95. The van der Waals surface area contributed by atoms with Crippen LogP contribution in [0.1, 0.15) is 58.7 Å². The van der Waals surface area contributed by atoms with Gasteiger partial charge in [0.25, 0.3) is 5.91 Å². The number of imidazole rings is 1. The van der Waals surface area contributed by atoms with Gasteiger partial charge in [-0.15, -0.1) is 0 Å². The minimum absolute atomic E-state index is 0.0428. The monoisotopic (exact) mass is 490 g/mol. The van der Waals surface area contributed by atoms with Crippen LogP contribution in [0.2, 0.25) is 0 Å². The molecule has 188 valence electrons. The molecule has 2 aromatic carbocycles. The number of hydrogen-bond acceptors (Lipinski definition) is 4. The van der Waals surface area contributed by atoms with E-state index in [1.54, 1.807) is 23.4 Å². The van der Waals surface area contributed by atoms with Crippen LogP contribution in [0, 0.1) is 11.7 Å². The van der Waals surface area contributed by atoms with Gasteiger partial charge in [0.05, 0.1) is 25.2 Å². The first-order valence-electron chi connectivity index (χ1n) is 12.6. The van der Waals surface area contributed by atoms with Crippen molar-refractivity contribution in [1.29, 1.82) is 0 Å². The highest BCUT2D eigenvalue weighted by molar-refractivity contribution is 5.93. The van der Waals surface area contributed by atoms with E-state index in [-0.39, 0.29) is 36.3 Å². The fraction of sp³-hybridized carbons (Fsp3) is 0.393. The van der Waals surface area contributed by atoms with Crippen molar-refractivity contribution in [3.05, 3.63) is 88.8 Å². The van der Waals surface area contributed by atoms with Gasteiger partial charge in [0.15, 0.2) is 5.69 Å². The maximum Gasteiger partial charge on any atom is 0.274 e. The summed E-state index contributed by atoms with van der Waals surface area (Å²) in [5.41, 5.74) is 4.42. The predicted molar refractivity (Wildman–Crippen MR) is 132 cm³/mol. The fourth-order valence-corrected chi connectivity index (χ4v) is 4.91. The normalized spacial score (nSPS) is 18.1. The van der Waals surface area contributed by atoms with Crippen LogP contribution in [0.15, 0.2) is 54.9 Å². The Morgan fingerprint density at radius 1 is 1.06 bits per heavy atom. The Labute approximate surface area is 210 Å². The Hall–Kier alpha value is -3.52. The summed E-state index contributed by atoms with van der Waals surface area (Å²) in [6.07, 6.45) is 3.72. The Morgan fingerprint density at radius 2 is 1.75 bits per heavy atom. The van der Waals surface area contributed by atoms with Crippen molar-refractivity contribution < 1.29 is 18.7 Å². The van der Waals surface area contributed by atoms with E-state index in [2.05, 4.69) is 41.5 Å². The molecule has 36 heavy (non-hydrogen) atoms. The number of benzene rings is 2. The lowest BCUT2D eigenvalue weighted by Gasteiger charge is -2.31. The van der Waals surface area contributed by atoms with E-state index in [1.807, 2.05) is 4.57 Å². The highest BCUT2D eigenvalue weighted by atomic mass is 19.1. The second-order valence-corrected chi connectivity index (χ2v) is 9.50. The number of amides is 2. The number of ether oxygens (including phenoxy) is 1. The molecule has 0 aliphatic carbocycles. The van der Waals surface area contributed by atoms with Crippen molar-refractivity contribution in [2.45, 2.75) is 52.0 Å². The summed E-state index contributed by atoms with van der Waals surface area (Å²) in [7, 11) is 0. The van der Waals surface area contributed by atoms with Crippen molar-refractivity contribution in [3.63, 3.8) is 0 Å². The SMILES string of the molecule is CCc1ccc(CNC(=O)C2CCN(C(=O)c3ncn4c3CO[C@H](c3ccc(F)cc3)C4)CC2)cc1. The molecule has 1 N–H and O–H groups in total. The molecule has 8 heteroatoms. The van der Waals surface area contributed by atoms with Crippen LogP contribution in [-0.2, 0) is 35.6 Å². The first kappa shape index (κ1) is 24.2. The third kappa shape index (κ3) is 5.18. The lowest BCUT2D eigenvalue weighted by molar-refractivity contribution is -0.126. The molecule has 0 unspecified atom stereocenters. The minimum Gasteiger partial charge on any atom is -0.365 e. The van der Waals surface area contributed by atoms with Crippen molar-refractivity contribution in [3.8, 4) is 0 Å². The van der Waals surface area contributed by atoms with Crippen molar-refractivity contribution in [1.82, 2.24) is 19.8 Å². The number of halogens is 1. The molecule has 1 fully saturated rings. The highest BCUT2D eigenvalue weighted by Crippen LogP contribution is 2.29. The van der Waals surface area contributed by atoms with Gasteiger partial charge in [-0.3, -0.25) is 9.59 Å². The van der Waals surface area contributed by atoms with Gasteiger partial charge in [-0.25, -0.2) is 9.37 Å². The van der Waals surface area contributed by atoms with Gasteiger partial charge in [0.2, 0.25) is 5.91 Å². The Kier molecular flexibility index (Phi) is 7.13. The molecule has 1 saturated heterocycles. The summed E-state index contributed by atoms with van der Waals surface area (Å²) < 4.78 is 21.2. The number of aromatic nitrogens is 2. The van der Waals surface area contributed by atoms with Gasteiger partial charge in [-0.05, 0) is 48.1 Å². The van der Waals surface area contributed by atoms with Crippen LogP contribution < -0.4 is 5.32 Å². The molecular weight excluding hydrogens is 459 g/mol. The second kappa shape index (κ2) is 10.6. The van der Waals surface area contributed by atoms with E-state index in [9.17, 15) is 14.0 Å². The van der Waals surface area contributed by atoms with Crippen molar-refractivity contribution >= 4 is 11.8 Å². The quantitative estimate of drug-likeness (QED) is 0.566. The van der Waals surface area contributed by atoms with Crippen LogP contribution in [0.3, 0.4) is 0 Å². The fourth-order valence-electron chi connectivity index (χ4n) is 4.91. The molecule has 1 aromatic heterocycles. The van der Waals surface area contributed by atoms with Gasteiger partial charge in [0.1, 0.15) is 11.9 Å². The molecule has 0 saturated carbocycles. The summed E-state index contributed by atoms with van der Waals surface area (Å²) in [5.74, 6) is -0.461. The standard InChI is InChI=1S/C28H31FN4O3/c1-2-19-3-5-20(6-4-19)15-30-27(34)22-11-13-32(14-12-22)28(35)26-24-17-36-25(16-33(24)18-31-26)21-7-9-23(29)10-8-21/h3-10,18,22,25H,2,11-17H2,1H3,(H,30,34)/t25-/m0/s1. The van der Waals surface area contributed by atoms with E-state index < -0.39 is 0 Å². The zero-order valence-corrected chi connectivity index (χ0v) is 20.5. The molecule has 2 aliphatic heterocycles. The van der Waals surface area contributed by atoms with Gasteiger partial charge in [0, 0.05) is 25.6 Å². The van der Waals surface area contributed by atoms with Crippen LogP contribution >= 0.6 is 0 Å². The van der Waals surface area contributed by atoms with Gasteiger partial charge in [-0.1, -0.05) is 43.3 Å². The van der Waals surface area contributed by atoms with Crippen LogP contribution in [0.25, 0.3) is 0 Å². The van der Waals surface area contributed by atoms with E-state index in [1.165, 1.54) is 17.7 Å². The lowest BCUT2D eigenvalue weighted by Crippen LogP contribution is -2.43. The summed E-state index contributed by atoms with van der Waals surface area (Å²) in [5, 5.41) is 3.04. The first-order valence-corrected chi connectivity index (χ1v) is 12.6. The zero-order valence-electron chi connectivity index (χ0n) is 20.5. The number of carbonyl (C=O) groups is 2. The molecular formula is C28H31FN4O3. The number of nitrogens with one attached hydrogen (secondary N) is 1. The third-order valence-corrected chi connectivity index (χ3v) is 7.23. The van der Waals surface area contributed by atoms with Crippen LogP contribution in [-0.4, -0.2) is 39.4 Å². The maximum absolute atomic E-state index is 13.2. The van der Waals surface area contributed by atoms with Crippen molar-refractivity contribution in [2.24, 2.45) is 5.92 Å². The molecule has 7 nitrogen and oxygen atoms in total. The van der Waals surface area contributed by atoms with E-state index >= 15 is 0 Å². The zero-order chi connectivity index (χ0) is 25.1. The molecule has 3 aromatic rings. The minimum atomic E-state index is -0.284. The molecule has 1 atom stereocenters. The number of rotatable bonds is 6. The summed E-state index contributed by atoms with van der Waals surface area (Å²) in [6, 6.07) is 14.6. The van der Waals surface area contributed by atoms with Gasteiger partial charge < -0.3 is 19.5 Å². The molecule has 2 amide bonds. The Balaban J connectivity index is 1.14. The number of fused-ring (bicyclic) bond motifs is 1. The summed E-state index contributed by atoms with van der Waals surface area (Å²) >= 11 is 0. The predicted octanol–water partition coefficient (Wildman–Crippen LogP) is 4.02. The van der Waals surface area contributed by atoms with E-state index in [4.69, 9.17) is 4.74 Å². The number of hydrogen-bond donors (Lipinski definition) is 1. The Bertz CT molecular complexity index is 1210. The molecule has 3 heterocycles. The number of aryl methyl sites for hydroxylation is 1. The molecule has 0 bridgehead atoms. The smallest absolute Gasteiger partial charge is 0.274 e. The van der Waals surface area contributed by atoms with Gasteiger partial charge >= 0.3 is 0 Å². The molecule has 0 spiro atoms. The van der Waals surface area contributed by atoms with Crippen molar-refractivity contribution in [2.75, 3.05) is 13.1 Å². The average Bonchev–Trinajstić information content (AvgIpc) is 3.35. The maximum atomic E-state index is 13.2. The average molecular weight is 491 g/mol. The molecule has 5 rings (SSSR count). The molecule has 2 aliphatic rings. The van der Waals surface area contributed by atoms with Crippen LogP contribution in [0.5, 0.6) is 0 Å². The Morgan fingerprint density at radius 3 is 2.44 bits per heavy atom. The largest absolute Gasteiger partial charge is 0.365 e. The van der Waals surface area contributed by atoms with E-state index in [0.29, 0.717) is 44.7 Å². The number of carbonyl (C=O) groups excluding carboxylic acids is 2. The number of piperidine rings is 1. The van der Waals surface area contributed by atoms with Gasteiger partial charge in [-0.2, -0.15) is 0 Å². The number of likely N-dealkylation sites (tertiary alicyclic amines) is 1. The molecule has 0 radical (unpaired) electrons. The first-order chi connectivity index (χ1) is 17.5. The van der Waals surface area contributed by atoms with Crippen LogP contribution in [0.4, 0.5) is 4.39 Å². The summed E-state index contributed by atoms with van der Waals surface area (Å²) in [6.45, 7) is 4.46. The highest BCUT2D eigenvalue weighted by Gasteiger charge is 2.32. The second-order valence-electron chi connectivity index (χ2n) is 9.50. The topological polar surface area (TPSA) is 76.5 Å². The summed E-state index contributed by atoms with van der Waals surface area (Å²) in [4.78, 5) is 32.1.